The first-order chi connectivity index (χ1) is 14.2. The van der Waals surface area contributed by atoms with Gasteiger partial charge in [0, 0.05) is 22.3 Å². The fourth-order valence-electron chi connectivity index (χ4n) is 3.13. The normalized spacial score (nSPS) is 15.6. The zero-order chi connectivity index (χ0) is 20.1. The van der Waals surface area contributed by atoms with Crippen LogP contribution in [0.4, 0.5) is 4.39 Å². The Bertz CT molecular complexity index is 1010. The number of hydrogen-bond donors (Lipinski definition) is 0. The number of benzene rings is 3. The van der Waals surface area contributed by atoms with Crippen molar-refractivity contribution in [2.45, 2.75) is 19.5 Å². The van der Waals surface area contributed by atoms with E-state index in [-0.39, 0.29) is 19.0 Å². The van der Waals surface area contributed by atoms with Crippen molar-refractivity contribution in [2.24, 2.45) is 5.16 Å². The maximum absolute atomic E-state index is 14.0. The van der Waals surface area contributed by atoms with Crippen molar-refractivity contribution in [1.82, 2.24) is 0 Å². The van der Waals surface area contributed by atoms with Crippen LogP contribution >= 0.6 is 0 Å². The topological polar surface area (TPSA) is 49.3 Å². The Kier molecular flexibility index (Phi) is 5.72. The number of para-hydroxylation sites is 1. The Morgan fingerprint density at radius 3 is 2.72 bits per heavy atom. The van der Waals surface area contributed by atoms with Gasteiger partial charge in [-0.2, -0.15) is 0 Å². The fourth-order valence-corrected chi connectivity index (χ4v) is 3.13. The number of hydrogen-bond acceptors (Lipinski definition) is 5. The Hall–Kier alpha value is -3.38. The molecule has 0 bridgehead atoms. The number of methoxy groups -OCH3 is 1. The molecular weight excluding hydrogens is 373 g/mol. The van der Waals surface area contributed by atoms with Gasteiger partial charge in [0.15, 0.2) is 0 Å². The number of fused-ring (bicyclic) bond motifs is 1. The second kappa shape index (κ2) is 8.75. The van der Waals surface area contributed by atoms with E-state index >= 15 is 0 Å². The molecule has 1 atom stereocenters. The number of ether oxygens (including phenoxy) is 3. The van der Waals surface area contributed by atoms with E-state index in [9.17, 15) is 4.39 Å². The summed E-state index contributed by atoms with van der Waals surface area (Å²) in [5.74, 6) is 0.884. The molecule has 0 N–H and O–H groups in total. The van der Waals surface area contributed by atoms with Crippen molar-refractivity contribution in [3.8, 4) is 11.5 Å². The Morgan fingerprint density at radius 2 is 1.90 bits per heavy atom. The molecular formula is C23H20FNO4. The quantitative estimate of drug-likeness (QED) is 0.437. The third-order valence-electron chi connectivity index (χ3n) is 4.52. The molecule has 148 valence electrons. The lowest BCUT2D eigenvalue weighted by Crippen LogP contribution is -2.19. The van der Waals surface area contributed by atoms with Crippen LogP contribution in [0.3, 0.4) is 0 Å². The van der Waals surface area contributed by atoms with Gasteiger partial charge in [-0.25, -0.2) is 4.39 Å². The molecule has 0 aliphatic carbocycles. The van der Waals surface area contributed by atoms with Crippen LogP contribution in [0.5, 0.6) is 11.5 Å². The Labute approximate surface area is 168 Å². The molecule has 6 heteroatoms. The highest BCUT2D eigenvalue weighted by Crippen LogP contribution is 2.36. The van der Waals surface area contributed by atoms with Gasteiger partial charge in [0.25, 0.3) is 0 Å². The highest BCUT2D eigenvalue weighted by atomic mass is 19.1. The molecule has 0 aromatic heterocycles. The Balaban J connectivity index is 1.50. The largest absolute Gasteiger partial charge is 0.496 e. The molecule has 5 nitrogen and oxygen atoms in total. The predicted molar refractivity (Wildman–Crippen MR) is 106 cm³/mol. The molecule has 3 aromatic rings. The summed E-state index contributed by atoms with van der Waals surface area (Å²) in [6.07, 6.45) is 1.01. The van der Waals surface area contributed by atoms with E-state index in [2.05, 4.69) is 5.16 Å². The summed E-state index contributed by atoms with van der Waals surface area (Å²) in [5.41, 5.74) is 2.89. The van der Waals surface area contributed by atoms with Crippen molar-refractivity contribution < 1.29 is 23.4 Å². The third-order valence-corrected chi connectivity index (χ3v) is 4.52. The zero-order valence-electron chi connectivity index (χ0n) is 15.9. The minimum absolute atomic E-state index is 0.0628. The van der Waals surface area contributed by atoms with E-state index in [1.807, 2.05) is 54.6 Å². The smallest absolute Gasteiger partial charge is 0.227 e. The molecule has 1 aliphatic heterocycles. The van der Waals surface area contributed by atoms with Gasteiger partial charge < -0.3 is 19.0 Å². The minimum atomic E-state index is -0.551. The summed E-state index contributed by atoms with van der Waals surface area (Å²) in [5, 5.41) is 3.99. The van der Waals surface area contributed by atoms with E-state index in [1.54, 1.807) is 13.3 Å². The first kappa shape index (κ1) is 19.0. The van der Waals surface area contributed by atoms with Crippen LogP contribution in [-0.4, -0.2) is 13.3 Å². The van der Waals surface area contributed by atoms with Gasteiger partial charge in [-0.15, -0.1) is 0 Å². The molecule has 1 aliphatic rings. The maximum Gasteiger partial charge on any atom is 0.227 e. The molecule has 0 amide bonds. The Morgan fingerprint density at radius 1 is 1.10 bits per heavy atom. The second-order valence-electron chi connectivity index (χ2n) is 6.47. The summed E-state index contributed by atoms with van der Waals surface area (Å²) in [7, 11) is 1.59. The van der Waals surface area contributed by atoms with E-state index in [1.165, 1.54) is 12.1 Å². The van der Waals surface area contributed by atoms with Gasteiger partial charge in [0.2, 0.25) is 6.29 Å². The van der Waals surface area contributed by atoms with E-state index < -0.39 is 6.29 Å². The van der Waals surface area contributed by atoms with Crippen LogP contribution in [0, 0.1) is 5.82 Å². The monoisotopic (exact) mass is 393 g/mol. The zero-order valence-corrected chi connectivity index (χ0v) is 15.9. The molecule has 0 saturated heterocycles. The SMILES string of the molecule is COc1ccccc1/C=N\OCc1cc(F)cc2c1O[C@@H](c1ccccc1)OC2. The minimum Gasteiger partial charge on any atom is -0.496 e. The average Bonchev–Trinajstić information content (AvgIpc) is 2.77. The predicted octanol–water partition coefficient (Wildman–Crippen LogP) is 4.99. The third kappa shape index (κ3) is 4.38. The number of rotatable bonds is 6. The van der Waals surface area contributed by atoms with Gasteiger partial charge >= 0.3 is 0 Å². The summed E-state index contributed by atoms with van der Waals surface area (Å²) < 4.78 is 31.1. The highest BCUT2D eigenvalue weighted by Gasteiger charge is 2.25. The highest BCUT2D eigenvalue weighted by molar-refractivity contribution is 5.83. The average molecular weight is 393 g/mol. The molecule has 3 aromatic carbocycles. The standard InChI is InChI=1S/C23H20FNO4/c1-26-21-10-6-5-9-17(21)13-25-28-15-19-12-20(24)11-18-14-27-23(29-22(18)19)16-7-3-2-4-8-16/h2-13,23H,14-15H2,1H3/b25-13-/t23-/m0/s1. The number of oxime groups is 1. The van der Waals surface area contributed by atoms with Gasteiger partial charge in [-0.05, 0) is 24.3 Å². The first-order valence-electron chi connectivity index (χ1n) is 9.17. The fraction of sp³-hybridized carbons (Fsp3) is 0.174. The molecule has 0 radical (unpaired) electrons. The van der Waals surface area contributed by atoms with Crippen molar-refractivity contribution in [3.63, 3.8) is 0 Å². The lowest BCUT2D eigenvalue weighted by Gasteiger charge is -2.28. The maximum atomic E-state index is 14.0. The molecule has 0 fully saturated rings. The van der Waals surface area contributed by atoms with Crippen LogP contribution in [0.2, 0.25) is 0 Å². The van der Waals surface area contributed by atoms with E-state index in [0.717, 1.165) is 11.1 Å². The molecule has 0 spiro atoms. The molecule has 29 heavy (non-hydrogen) atoms. The number of halogens is 1. The lowest BCUT2D eigenvalue weighted by molar-refractivity contribution is -0.112. The van der Waals surface area contributed by atoms with Crippen molar-refractivity contribution in [1.29, 1.82) is 0 Å². The van der Waals surface area contributed by atoms with Gasteiger partial charge in [-0.1, -0.05) is 47.6 Å². The summed E-state index contributed by atoms with van der Waals surface area (Å²) in [6.45, 7) is 0.317. The van der Waals surface area contributed by atoms with Gasteiger partial charge in [0.05, 0.1) is 19.9 Å². The van der Waals surface area contributed by atoms with Gasteiger partial charge in [-0.3, -0.25) is 0 Å². The van der Waals surface area contributed by atoms with E-state index in [0.29, 0.717) is 22.6 Å². The van der Waals surface area contributed by atoms with Crippen molar-refractivity contribution >= 4 is 6.21 Å². The van der Waals surface area contributed by atoms with Crippen molar-refractivity contribution in [3.05, 3.63) is 94.8 Å². The first-order valence-corrected chi connectivity index (χ1v) is 9.17. The number of nitrogens with zero attached hydrogens (tertiary/aromatic N) is 1. The van der Waals surface area contributed by atoms with Gasteiger partial charge in [0.1, 0.15) is 23.9 Å². The van der Waals surface area contributed by atoms with Crippen LogP contribution in [0.25, 0.3) is 0 Å². The van der Waals surface area contributed by atoms with Crippen molar-refractivity contribution in [2.75, 3.05) is 7.11 Å². The molecule has 0 unspecified atom stereocenters. The van der Waals surface area contributed by atoms with Crippen LogP contribution < -0.4 is 9.47 Å². The molecule has 0 saturated carbocycles. The summed E-state index contributed by atoms with van der Waals surface area (Å²) >= 11 is 0. The summed E-state index contributed by atoms with van der Waals surface area (Å²) in [4.78, 5) is 5.41. The molecule has 4 rings (SSSR count). The molecule has 1 heterocycles. The van der Waals surface area contributed by atoms with E-state index in [4.69, 9.17) is 19.0 Å². The lowest BCUT2D eigenvalue weighted by atomic mass is 10.1. The van der Waals surface area contributed by atoms with Crippen LogP contribution in [-0.2, 0) is 22.8 Å². The van der Waals surface area contributed by atoms with Crippen LogP contribution in [0.15, 0.2) is 71.9 Å². The summed E-state index contributed by atoms with van der Waals surface area (Å²) in [6, 6.07) is 19.9. The second-order valence-corrected chi connectivity index (χ2v) is 6.47. The van der Waals surface area contributed by atoms with Crippen LogP contribution in [0.1, 0.15) is 28.5 Å².